The molecule has 1 aliphatic carbocycles. The topological polar surface area (TPSA) is 107 Å². The van der Waals surface area contributed by atoms with Gasteiger partial charge in [0.05, 0.1) is 21.7 Å². The fourth-order valence-corrected chi connectivity index (χ4v) is 5.05. The zero-order valence-electron chi connectivity index (χ0n) is 20.2. The summed E-state index contributed by atoms with van der Waals surface area (Å²) in [4.78, 5) is 38.1. The molecule has 0 saturated carbocycles. The third kappa shape index (κ3) is 5.87. The lowest BCUT2D eigenvalue weighted by Gasteiger charge is -2.35. The zero-order chi connectivity index (χ0) is 26.6. The Morgan fingerprint density at radius 2 is 1.75 bits per heavy atom. The number of carbonyl (C=O) groups excluding carboxylic acids is 2. The molecule has 0 saturated heterocycles. The number of allylic oxidation sites excluding steroid dienone is 3. The van der Waals surface area contributed by atoms with Gasteiger partial charge in [-0.1, -0.05) is 67.4 Å². The number of carboxylic acid groups (broad SMARTS) is 1. The number of carboxylic acids is 1. The quantitative estimate of drug-likeness (QED) is 0.345. The molecular weight excluding hydrogens is 499 g/mol. The van der Waals surface area contributed by atoms with Crippen molar-refractivity contribution in [1.82, 2.24) is 5.32 Å². The average molecular weight is 525 g/mol. The van der Waals surface area contributed by atoms with Crippen LogP contribution in [0.4, 0.5) is 0 Å². The summed E-state index contributed by atoms with van der Waals surface area (Å²) >= 11 is 12.3. The molecule has 3 rings (SSSR count). The van der Waals surface area contributed by atoms with Gasteiger partial charge < -0.3 is 10.4 Å². The molecule has 0 fully saturated rings. The number of carbonyl (C=O) groups is 3. The van der Waals surface area contributed by atoms with Crippen LogP contribution in [-0.4, -0.2) is 28.8 Å². The summed E-state index contributed by atoms with van der Waals surface area (Å²) in [5.41, 5.74) is 2.69. The predicted molar refractivity (Wildman–Crippen MR) is 139 cm³/mol. The number of nitrogens with one attached hydrogen (secondary N) is 1. The SMILES string of the molecule is CC1=C(C(=O)N[C@@H](Cc2ccc(C(=O)c3c(Cl)cccc3Cl)cc2)C(=O)O)C(C)(C)CC/C1=C\C#N. The van der Waals surface area contributed by atoms with E-state index in [0.717, 1.165) is 5.57 Å². The van der Waals surface area contributed by atoms with Gasteiger partial charge in [-0.2, -0.15) is 5.26 Å². The minimum atomic E-state index is -1.18. The molecule has 2 aromatic rings. The maximum absolute atomic E-state index is 13.2. The second-order valence-electron chi connectivity index (χ2n) is 9.37. The van der Waals surface area contributed by atoms with Gasteiger partial charge in [0.1, 0.15) is 6.04 Å². The van der Waals surface area contributed by atoms with Crippen LogP contribution in [0.2, 0.25) is 10.0 Å². The third-order valence-corrected chi connectivity index (χ3v) is 7.10. The number of nitriles is 1. The Kier molecular flexibility index (Phi) is 8.39. The standard InChI is InChI=1S/C28H26Cl2N2O4/c1-16-18(12-14-31)11-13-28(2,3)24(16)26(34)32-22(27(35)36)15-17-7-9-19(10-8-17)25(33)23-20(29)5-4-6-21(23)30/h4-10,12,22H,11,13,15H2,1-3H3,(H,32,34)(H,35,36)/b18-12+/t22-/m0/s1. The third-order valence-electron chi connectivity index (χ3n) is 6.47. The predicted octanol–water partition coefficient (Wildman–Crippen LogP) is 5.92. The van der Waals surface area contributed by atoms with Crippen LogP contribution in [-0.2, 0) is 16.0 Å². The first kappa shape index (κ1) is 27.2. The molecule has 0 heterocycles. The molecule has 6 nitrogen and oxygen atoms in total. The van der Waals surface area contributed by atoms with E-state index in [-0.39, 0.29) is 27.8 Å². The van der Waals surface area contributed by atoms with Crippen molar-refractivity contribution in [3.05, 3.63) is 92.0 Å². The number of ketones is 1. The monoisotopic (exact) mass is 524 g/mol. The van der Waals surface area contributed by atoms with Crippen molar-refractivity contribution in [1.29, 1.82) is 5.26 Å². The minimum absolute atomic E-state index is 0.0239. The molecule has 36 heavy (non-hydrogen) atoms. The lowest BCUT2D eigenvalue weighted by molar-refractivity contribution is -0.141. The summed E-state index contributed by atoms with van der Waals surface area (Å²) in [6.45, 7) is 5.66. The van der Waals surface area contributed by atoms with Crippen molar-refractivity contribution >= 4 is 40.9 Å². The summed E-state index contributed by atoms with van der Waals surface area (Å²) in [5, 5.41) is 22.0. The second kappa shape index (κ2) is 11.1. The summed E-state index contributed by atoms with van der Waals surface area (Å²) in [6, 6.07) is 12.1. The number of hydrogen-bond donors (Lipinski definition) is 2. The van der Waals surface area contributed by atoms with Crippen LogP contribution in [0.3, 0.4) is 0 Å². The molecule has 0 aliphatic heterocycles. The van der Waals surface area contributed by atoms with Crippen LogP contribution in [0.1, 0.15) is 55.1 Å². The Morgan fingerprint density at radius 3 is 2.31 bits per heavy atom. The maximum atomic E-state index is 13.2. The van der Waals surface area contributed by atoms with E-state index in [2.05, 4.69) is 5.32 Å². The fraction of sp³-hybridized carbons (Fsp3) is 0.286. The maximum Gasteiger partial charge on any atom is 0.326 e. The molecule has 1 amide bonds. The lowest BCUT2D eigenvalue weighted by Crippen LogP contribution is -2.45. The number of nitrogens with zero attached hydrogens (tertiary/aromatic N) is 1. The van der Waals surface area contributed by atoms with Crippen molar-refractivity contribution < 1.29 is 19.5 Å². The average Bonchev–Trinajstić information content (AvgIpc) is 2.80. The van der Waals surface area contributed by atoms with E-state index in [9.17, 15) is 19.5 Å². The molecule has 0 bridgehead atoms. The van der Waals surface area contributed by atoms with Crippen molar-refractivity contribution in [2.45, 2.75) is 46.1 Å². The van der Waals surface area contributed by atoms with E-state index >= 15 is 0 Å². The molecule has 8 heteroatoms. The number of amides is 1. The van der Waals surface area contributed by atoms with Gasteiger partial charge in [0.25, 0.3) is 0 Å². The summed E-state index contributed by atoms with van der Waals surface area (Å²) in [5.74, 6) is -1.98. The number of halogens is 2. The van der Waals surface area contributed by atoms with Crippen molar-refractivity contribution in [2.24, 2.45) is 5.41 Å². The van der Waals surface area contributed by atoms with Crippen molar-refractivity contribution in [2.75, 3.05) is 0 Å². The van der Waals surface area contributed by atoms with Gasteiger partial charge in [0.2, 0.25) is 5.91 Å². The van der Waals surface area contributed by atoms with E-state index in [1.165, 1.54) is 6.08 Å². The van der Waals surface area contributed by atoms with Gasteiger partial charge >= 0.3 is 5.97 Å². The van der Waals surface area contributed by atoms with Crippen LogP contribution in [0.25, 0.3) is 0 Å². The summed E-state index contributed by atoms with van der Waals surface area (Å²) < 4.78 is 0. The molecule has 2 N–H and O–H groups in total. The molecule has 0 aromatic heterocycles. The minimum Gasteiger partial charge on any atom is -0.480 e. The summed E-state index contributed by atoms with van der Waals surface area (Å²) in [7, 11) is 0. The van der Waals surface area contributed by atoms with Gasteiger partial charge in [0.15, 0.2) is 5.78 Å². The van der Waals surface area contributed by atoms with Gasteiger partial charge in [0, 0.05) is 23.6 Å². The fourth-order valence-electron chi connectivity index (χ4n) is 4.48. The molecule has 0 spiro atoms. The highest BCUT2D eigenvalue weighted by molar-refractivity contribution is 6.41. The van der Waals surface area contributed by atoms with E-state index in [1.54, 1.807) is 49.4 Å². The normalized spacial score (nSPS) is 16.8. The first-order valence-corrected chi connectivity index (χ1v) is 12.1. The van der Waals surface area contributed by atoms with E-state index in [4.69, 9.17) is 28.5 Å². The number of hydrogen-bond acceptors (Lipinski definition) is 4. The second-order valence-corrected chi connectivity index (χ2v) is 10.2. The van der Waals surface area contributed by atoms with Crippen molar-refractivity contribution in [3.8, 4) is 6.07 Å². The first-order chi connectivity index (χ1) is 17.0. The van der Waals surface area contributed by atoms with Crippen LogP contribution in [0.5, 0.6) is 0 Å². The van der Waals surface area contributed by atoms with Gasteiger partial charge in [-0.3, -0.25) is 9.59 Å². The number of benzene rings is 2. The Hall–Kier alpha value is -3.40. The summed E-state index contributed by atoms with van der Waals surface area (Å²) in [6.07, 6.45) is 2.81. The van der Waals surface area contributed by atoms with Crippen LogP contribution in [0, 0.1) is 16.7 Å². The van der Waals surface area contributed by atoms with Gasteiger partial charge in [-0.15, -0.1) is 0 Å². The Bertz CT molecular complexity index is 1300. The molecule has 2 aromatic carbocycles. The molecule has 186 valence electrons. The Labute approximate surface area is 220 Å². The van der Waals surface area contributed by atoms with E-state index in [1.807, 2.05) is 19.9 Å². The highest BCUT2D eigenvalue weighted by Gasteiger charge is 2.36. The Balaban J connectivity index is 1.81. The number of rotatable bonds is 7. The molecular formula is C28H26Cl2N2O4. The smallest absolute Gasteiger partial charge is 0.326 e. The molecule has 1 atom stereocenters. The zero-order valence-corrected chi connectivity index (χ0v) is 21.7. The van der Waals surface area contributed by atoms with Crippen LogP contribution < -0.4 is 5.32 Å². The van der Waals surface area contributed by atoms with Crippen LogP contribution in [0.15, 0.2) is 65.3 Å². The lowest BCUT2D eigenvalue weighted by atomic mass is 9.70. The van der Waals surface area contributed by atoms with Gasteiger partial charge in [-0.05, 0) is 54.0 Å². The van der Waals surface area contributed by atoms with Crippen LogP contribution >= 0.6 is 23.2 Å². The first-order valence-electron chi connectivity index (χ1n) is 11.4. The molecule has 0 radical (unpaired) electrons. The van der Waals surface area contributed by atoms with E-state index < -0.39 is 23.3 Å². The highest BCUT2D eigenvalue weighted by Crippen LogP contribution is 2.42. The number of aliphatic carboxylic acids is 1. The largest absolute Gasteiger partial charge is 0.480 e. The molecule has 0 unspecified atom stereocenters. The van der Waals surface area contributed by atoms with E-state index in [0.29, 0.717) is 35.1 Å². The highest BCUT2D eigenvalue weighted by atomic mass is 35.5. The van der Waals surface area contributed by atoms with Gasteiger partial charge in [-0.25, -0.2) is 4.79 Å². The Morgan fingerprint density at radius 1 is 1.14 bits per heavy atom. The van der Waals surface area contributed by atoms with Crippen molar-refractivity contribution in [3.63, 3.8) is 0 Å². The molecule has 1 aliphatic rings.